The van der Waals surface area contributed by atoms with Gasteiger partial charge >= 0.3 is 0 Å². The van der Waals surface area contributed by atoms with Gasteiger partial charge in [0.05, 0.1) is 10.9 Å². The molecule has 2 heteroatoms. The third kappa shape index (κ3) is 3.05. The van der Waals surface area contributed by atoms with E-state index < -0.39 is 0 Å². The minimum Gasteiger partial charge on any atom is -0.455 e. The van der Waals surface area contributed by atoms with Crippen molar-refractivity contribution >= 4 is 32.3 Å². The molecule has 2 heterocycles. The Morgan fingerprint density at radius 1 is 0.765 bits per heavy atom. The number of fused-ring (bicyclic) bond motifs is 5. The molecule has 0 aliphatic carbocycles. The summed E-state index contributed by atoms with van der Waals surface area (Å²) >= 11 is 0. The molecule has 0 spiro atoms. The van der Waals surface area contributed by atoms with Crippen LogP contribution in [0.15, 0.2) is 54.7 Å². The van der Waals surface area contributed by atoms with Gasteiger partial charge in [-0.25, -0.2) is 4.57 Å². The van der Waals surface area contributed by atoms with Gasteiger partial charge in [-0.05, 0) is 65.8 Å². The first kappa shape index (κ1) is 21.2. The summed E-state index contributed by atoms with van der Waals surface area (Å²) in [6.07, 6.45) is 3.15. The number of pyridine rings is 1. The molecule has 0 radical (unpaired) electrons. The van der Waals surface area contributed by atoms with Gasteiger partial charge in [-0.15, -0.1) is 0 Å². The highest BCUT2D eigenvalue weighted by Gasteiger charge is 2.34. The third-order valence-electron chi connectivity index (χ3n) is 7.27. The fraction of sp³-hybridized carbons (Fsp3) is 0.281. The number of hydrogen-bond donors (Lipinski definition) is 0. The molecule has 0 fully saturated rings. The van der Waals surface area contributed by atoms with Crippen LogP contribution in [0.25, 0.3) is 43.6 Å². The van der Waals surface area contributed by atoms with Gasteiger partial charge in [0.25, 0.3) is 0 Å². The predicted octanol–water partition coefficient (Wildman–Crippen LogP) is 8.26. The molecule has 0 saturated heterocycles. The number of rotatable bonds is 1. The second kappa shape index (κ2) is 7.06. The van der Waals surface area contributed by atoms with Crippen molar-refractivity contribution in [1.29, 1.82) is 0 Å². The average Bonchev–Trinajstić information content (AvgIpc) is 2.77. The standard InChI is InChI=1S/C32H32NO/c1-18-8-10-23-22(14-18)16-21-12-13-33(7)29-27-20(3)25-15-19(2)9-11-24(25)26(17-32(4,5)6)31(27)34-30(23)28(21)29/h8-16H,17H2,1-7H3/q+1. The fourth-order valence-corrected chi connectivity index (χ4v) is 5.76. The highest BCUT2D eigenvalue weighted by Crippen LogP contribution is 2.53. The molecule has 0 N–H and O–H groups in total. The van der Waals surface area contributed by atoms with Gasteiger partial charge < -0.3 is 4.74 Å². The summed E-state index contributed by atoms with van der Waals surface area (Å²) in [7, 11) is 2.16. The quantitative estimate of drug-likeness (QED) is 0.183. The van der Waals surface area contributed by atoms with Crippen molar-refractivity contribution in [1.82, 2.24) is 0 Å². The highest BCUT2D eigenvalue weighted by molar-refractivity contribution is 6.13. The Morgan fingerprint density at radius 3 is 2.21 bits per heavy atom. The Balaban J connectivity index is 1.83. The lowest BCUT2D eigenvalue weighted by Crippen LogP contribution is -2.32. The summed E-state index contributed by atoms with van der Waals surface area (Å²) in [5, 5.41) is 7.50. The van der Waals surface area contributed by atoms with Crippen LogP contribution >= 0.6 is 0 Å². The number of ether oxygens (including phenoxy) is 1. The zero-order valence-corrected chi connectivity index (χ0v) is 21.3. The second-order valence-electron chi connectivity index (χ2n) is 11.4. The van der Waals surface area contributed by atoms with Crippen molar-refractivity contribution in [3.05, 3.63) is 77.0 Å². The van der Waals surface area contributed by atoms with Gasteiger partial charge in [-0.2, -0.15) is 0 Å². The van der Waals surface area contributed by atoms with E-state index in [0.29, 0.717) is 0 Å². The Kier molecular flexibility index (Phi) is 4.39. The molecule has 2 nitrogen and oxygen atoms in total. The monoisotopic (exact) mass is 446 g/mol. The van der Waals surface area contributed by atoms with Crippen LogP contribution in [-0.2, 0) is 13.5 Å². The van der Waals surface area contributed by atoms with Crippen molar-refractivity contribution < 1.29 is 9.30 Å². The Bertz CT molecular complexity index is 1670. The van der Waals surface area contributed by atoms with Crippen LogP contribution in [0.3, 0.4) is 0 Å². The first-order valence-electron chi connectivity index (χ1n) is 12.2. The minimum atomic E-state index is 0.133. The Hall–Kier alpha value is -3.39. The summed E-state index contributed by atoms with van der Waals surface area (Å²) < 4.78 is 9.32. The van der Waals surface area contributed by atoms with Crippen LogP contribution in [0, 0.1) is 26.2 Å². The van der Waals surface area contributed by atoms with E-state index >= 15 is 0 Å². The van der Waals surface area contributed by atoms with Crippen LogP contribution in [0.5, 0.6) is 11.5 Å². The van der Waals surface area contributed by atoms with E-state index in [0.717, 1.165) is 17.9 Å². The van der Waals surface area contributed by atoms with Crippen molar-refractivity contribution in [2.75, 3.05) is 0 Å². The lowest BCUT2D eigenvalue weighted by Gasteiger charge is -2.28. The van der Waals surface area contributed by atoms with Gasteiger partial charge in [-0.3, -0.25) is 0 Å². The maximum absolute atomic E-state index is 7.04. The Morgan fingerprint density at radius 2 is 1.47 bits per heavy atom. The maximum atomic E-state index is 7.04. The van der Waals surface area contributed by atoms with Crippen LogP contribution in [0.2, 0.25) is 0 Å². The van der Waals surface area contributed by atoms with E-state index in [1.54, 1.807) is 0 Å². The largest absolute Gasteiger partial charge is 0.455 e. The third-order valence-corrected chi connectivity index (χ3v) is 7.27. The molecular formula is C32H32NO+. The lowest BCUT2D eigenvalue weighted by atomic mass is 9.81. The lowest BCUT2D eigenvalue weighted by molar-refractivity contribution is -0.659. The molecule has 1 aromatic heterocycles. The van der Waals surface area contributed by atoms with Crippen molar-refractivity contribution in [3.63, 3.8) is 0 Å². The van der Waals surface area contributed by atoms with Gasteiger partial charge in [0, 0.05) is 17.0 Å². The van der Waals surface area contributed by atoms with Crippen LogP contribution in [-0.4, -0.2) is 0 Å². The minimum absolute atomic E-state index is 0.133. The predicted molar refractivity (Wildman–Crippen MR) is 143 cm³/mol. The highest BCUT2D eigenvalue weighted by atomic mass is 16.5. The van der Waals surface area contributed by atoms with Crippen LogP contribution < -0.4 is 9.30 Å². The van der Waals surface area contributed by atoms with E-state index in [1.807, 2.05) is 0 Å². The average molecular weight is 447 g/mol. The van der Waals surface area contributed by atoms with Crippen LogP contribution in [0.1, 0.15) is 43.0 Å². The molecule has 6 rings (SSSR count). The number of benzene rings is 4. The zero-order chi connectivity index (χ0) is 23.9. The molecule has 34 heavy (non-hydrogen) atoms. The molecular weight excluding hydrogens is 414 g/mol. The zero-order valence-electron chi connectivity index (χ0n) is 21.3. The van der Waals surface area contributed by atoms with Gasteiger partial charge in [0.2, 0.25) is 5.69 Å². The fourth-order valence-electron chi connectivity index (χ4n) is 5.76. The topological polar surface area (TPSA) is 13.1 Å². The summed E-state index contributed by atoms with van der Waals surface area (Å²) in [4.78, 5) is 0. The van der Waals surface area contributed by atoms with E-state index in [4.69, 9.17) is 4.74 Å². The number of hydrogen-bond acceptors (Lipinski definition) is 1. The molecule has 4 aromatic carbocycles. The number of nitrogens with zero attached hydrogens (tertiary/aromatic N) is 1. The normalized spacial score (nSPS) is 12.9. The molecule has 1 aliphatic heterocycles. The van der Waals surface area contributed by atoms with Gasteiger partial charge in [0.15, 0.2) is 6.20 Å². The van der Waals surface area contributed by atoms with Crippen LogP contribution in [0.4, 0.5) is 0 Å². The molecule has 1 aliphatic rings. The smallest absolute Gasteiger partial charge is 0.228 e. The summed E-state index contributed by atoms with van der Waals surface area (Å²) in [5.74, 6) is 2.03. The van der Waals surface area contributed by atoms with Gasteiger partial charge in [0.1, 0.15) is 18.5 Å². The molecule has 0 bridgehead atoms. The van der Waals surface area contributed by atoms with E-state index in [1.165, 1.54) is 65.8 Å². The molecule has 0 saturated carbocycles. The first-order valence-corrected chi connectivity index (χ1v) is 12.2. The summed E-state index contributed by atoms with van der Waals surface area (Å²) in [6.45, 7) is 13.5. The van der Waals surface area contributed by atoms with E-state index in [2.05, 4.69) is 108 Å². The van der Waals surface area contributed by atoms with Crippen molar-refractivity contribution in [3.8, 4) is 22.8 Å². The second-order valence-corrected chi connectivity index (χ2v) is 11.4. The summed E-state index contributed by atoms with van der Waals surface area (Å²) in [6, 6.07) is 18.1. The molecule has 5 aromatic rings. The Labute approximate surface area is 201 Å². The SMILES string of the molecule is Cc1ccc2c3c4c([n+](C)ccc4cc2c1)-c1c(c(CC(C)(C)C)c2ccc(C)cc2c1C)O3. The number of aromatic nitrogens is 1. The van der Waals surface area contributed by atoms with Crippen molar-refractivity contribution in [2.24, 2.45) is 12.5 Å². The number of aryl methyl sites for hydroxylation is 4. The van der Waals surface area contributed by atoms with Gasteiger partial charge in [-0.1, -0.05) is 68.3 Å². The summed E-state index contributed by atoms with van der Waals surface area (Å²) in [5.41, 5.74) is 7.80. The van der Waals surface area contributed by atoms with E-state index in [9.17, 15) is 0 Å². The molecule has 0 atom stereocenters. The molecule has 0 amide bonds. The van der Waals surface area contributed by atoms with Crippen molar-refractivity contribution in [2.45, 2.75) is 48.0 Å². The molecule has 0 unspecified atom stereocenters. The maximum Gasteiger partial charge on any atom is 0.228 e. The van der Waals surface area contributed by atoms with E-state index in [-0.39, 0.29) is 5.41 Å². The molecule has 170 valence electrons. The first-order chi connectivity index (χ1) is 16.1.